The number of esters is 1. The lowest BCUT2D eigenvalue weighted by atomic mass is 10.1. The highest BCUT2D eigenvalue weighted by atomic mass is 19.1. The zero-order valence-electron chi connectivity index (χ0n) is 11.3. The van der Waals surface area contributed by atoms with E-state index in [0.29, 0.717) is 0 Å². The summed E-state index contributed by atoms with van der Waals surface area (Å²) in [6, 6.07) is 2.07. The molecular formula is C14H15FO5. The van der Waals surface area contributed by atoms with Gasteiger partial charge in [-0.05, 0) is 25.8 Å². The van der Waals surface area contributed by atoms with Crippen molar-refractivity contribution in [2.75, 3.05) is 13.7 Å². The number of ether oxygens (including phenoxy) is 3. The summed E-state index contributed by atoms with van der Waals surface area (Å²) in [6.45, 7) is 1.65. The molecule has 1 aliphatic carbocycles. The molecule has 0 atom stereocenters. The molecule has 1 aromatic rings. The van der Waals surface area contributed by atoms with E-state index in [1.165, 1.54) is 7.11 Å². The summed E-state index contributed by atoms with van der Waals surface area (Å²) in [4.78, 5) is 23.5. The van der Waals surface area contributed by atoms with Crippen LogP contribution in [0.1, 0.15) is 30.1 Å². The maximum atomic E-state index is 13.5. The molecule has 108 valence electrons. The second kappa shape index (κ2) is 5.90. The monoisotopic (exact) mass is 282 g/mol. The average molecular weight is 282 g/mol. The SMILES string of the molecule is CCOC(=O)C(=O)c1cc(F)cc(OC)c1OC1CC1. The summed E-state index contributed by atoms with van der Waals surface area (Å²) in [5.74, 6) is -2.49. The fourth-order valence-electron chi connectivity index (χ4n) is 1.67. The molecule has 0 spiro atoms. The highest BCUT2D eigenvalue weighted by Crippen LogP contribution is 2.37. The molecule has 0 aliphatic heterocycles. The van der Waals surface area contributed by atoms with Gasteiger partial charge < -0.3 is 14.2 Å². The van der Waals surface area contributed by atoms with Crippen LogP contribution in [-0.4, -0.2) is 31.6 Å². The van der Waals surface area contributed by atoms with Gasteiger partial charge in [0.05, 0.1) is 25.4 Å². The van der Waals surface area contributed by atoms with Crippen LogP contribution in [0.4, 0.5) is 4.39 Å². The second-order valence-corrected chi connectivity index (χ2v) is 4.35. The minimum Gasteiger partial charge on any atom is -0.493 e. The van der Waals surface area contributed by atoms with Gasteiger partial charge in [-0.3, -0.25) is 4.79 Å². The summed E-state index contributed by atoms with van der Waals surface area (Å²) in [5, 5.41) is 0. The van der Waals surface area contributed by atoms with Crippen molar-refractivity contribution in [1.29, 1.82) is 0 Å². The van der Waals surface area contributed by atoms with Crippen LogP contribution in [0.5, 0.6) is 11.5 Å². The number of methoxy groups -OCH3 is 1. The minimum atomic E-state index is -1.04. The molecule has 0 N–H and O–H groups in total. The summed E-state index contributed by atoms with van der Waals surface area (Å²) in [6.07, 6.45) is 1.68. The van der Waals surface area contributed by atoms with Gasteiger partial charge in [0, 0.05) is 6.07 Å². The van der Waals surface area contributed by atoms with Gasteiger partial charge in [0.2, 0.25) is 0 Å². The van der Waals surface area contributed by atoms with E-state index in [0.717, 1.165) is 25.0 Å². The van der Waals surface area contributed by atoms with Crippen LogP contribution in [0.2, 0.25) is 0 Å². The lowest BCUT2D eigenvalue weighted by molar-refractivity contribution is -0.137. The first kappa shape index (κ1) is 14.3. The Bertz CT molecular complexity index is 537. The van der Waals surface area contributed by atoms with E-state index in [2.05, 4.69) is 4.74 Å². The van der Waals surface area contributed by atoms with Crippen LogP contribution >= 0.6 is 0 Å². The number of hydrogen-bond acceptors (Lipinski definition) is 5. The summed E-state index contributed by atoms with van der Waals surface area (Å²) in [5.41, 5.74) is -0.174. The van der Waals surface area contributed by atoms with E-state index in [9.17, 15) is 14.0 Å². The molecule has 0 unspecified atom stereocenters. The predicted octanol–water partition coefficient (Wildman–Crippen LogP) is 2.12. The molecule has 20 heavy (non-hydrogen) atoms. The minimum absolute atomic E-state index is 0.0249. The Morgan fingerprint density at radius 1 is 1.35 bits per heavy atom. The van der Waals surface area contributed by atoms with E-state index < -0.39 is 17.6 Å². The summed E-state index contributed by atoms with van der Waals surface area (Å²) < 4.78 is 28.7. The Labute approximate surface area is 115 Å². The Hall–Kier alpha value is -2.11. The molecule has 5 nitrogen and oxygen atoms in total. The Balaban J connectivity index is 2.40. The molecule has 1 saturated carbocycles. The van der Waals surface area contributed by atoms with E-state index in [4.69, 9.17) is 9.47 Å². The third-order valence-corrected chi connectivity index (χ3v) is 2.75. The average Bonchev–Trinajstić information content (AvgIpc) is 3.23. The van der Waals surface area contributed by atoms with Crippen molar-refractivity contribution >= 4 is 11.8 Å². The smallest absolute Gasteiger partial charge is 0.379 e. The van der Waals surface area contributed by atoms with Crippen molar-refractivity contribution in [2.45, 2.75) is 25.9 Å². The van der Waals surface area contributed by atoms with E-state index in [-0.39, 0.29) is 29.8 Å². The van der Waals surface area contributed by atoms with E-state index >= 15 is 0 Å². The van der Waals surface area contributed by atoms with Gasteiger partial charge in [0.15, 0.2) is 11.5 Å². The molecule has 6 heteroatoms. The van der Waals surface area contributed by atoms with Crippen molar-refractivity contribution in [3.8, 4) is 11.5 Å². The number of Topliss-reactive ketones (excluding diaryl/α,β-unsaturated/α-hetero) is 1. The van der Waals surface area contributed by atoms with Gasteiger partial charge in [-0.1, -0.05) is 0 Å². The van der Waals surface area contributed by atoms with Crippen LogP contribution in [-0.2, 0) is 9.53 Å². The van der Waals surface area contributed by atoms with E-state index in [1.807, 2.05) is 0 Å². The van der Waals surface area contributed by atoms with Crippen molar-refractivity contribution < 1.29 is 28.2 Å². The predicted molar refractivity (Wildman–Crippen MR) is 67.6 cm³/mol. The number of benzene rings is 1. The first-order valence-corrected chi connectivity index (χ1v) is 6.32. The largest absolute Gasteiger partial charge is 0.493 e. The molecule has 0 saturated heterocycles. The number of halogens is 1. The van der Waals surface area contributed by atoms with Gasteiger partial charge in [-0.25, -0.2) is 9.18 Å². The van der Waals surface area contributed by atoms with Gasteiger partial charge in [0.25, 0.3) is 5.78 Å². The summed E-state index contributed by atoms with van der Waals surface area (Å²) >= 11 is 0. The zero-order chi connectivity index (χ0) is 14.7. The first-order valence-electron chi connectivity index (χ1n) is 6.32. The topological polar surface area (TPSA) is 61.8 Å². The normalized spacial score (nSPS) is 13.8. The number of hydrogen-bond donors (Lipinski definition) is 0. The van der Waals surface area contributed by atoms with Crippen molar-refractivity contribution in [2.24, 2.45) is 0 Å². The molecule has 1 aromatic carbocycles. The molecule has 2 rings (SSSR count). The maximum Gasteiger partial charge on any atom is 0.379 e. The fraction of sp³-hybridized carbons (Fsp3) is 0.429. The maximum absolute atomic E-state index is 13.5. The summed E-state index contributed by atoms with van der Waals surface area (Å²) in [7, 11) is 1.34. The molecule has 0 amide bonds. The van der Waals surface area contributed by atoms with Crippen molar-refractivity contribution in [1.82, 2.24) is 0 Å². The highest BCUT2D eigenvalue weighted by molar-refractivity contribution is 6.41. The third kappa shape index (κ3) is 3.07. The molecule has 0 bridgehead atoms. The number of ketones is 1. The van der Waals surface area contributed by atoms with Crippen molar-refractivity contribution in [3.63, 3.8) is 0 Å². The Morgan fingerprint density at radius 3 is 2.60 bits per heavy atom. The lowest BCUT2D eigenvalue weighted by Gasteiger charge is -2.14. The number of rotatable bonds is 6. The standard InChI is InChI=1S/C14H15FO5/c1-3-19-14(17)12(16)10-6-8(15)7-11(18-2)13(10)20-9-4-5-9/h6-7,9H,3-5H2,1-2H3. The van der Waals surface area contributed by atoms with Crippen LogP contribution < -0.4 is 9.47 Å². The van der Waals surface area contributed by atoms with Crippen LogP contribution in [0, 0.1) is 5.82 Å². The quantitative estimate of drug-likeness (QED) is 0.454. The van der Waals surface area contributed by atoms with Gasteiger partial charge in [-0.15, -0.1) is 0 Å². The molecule has 0 aromatic heterocycles. The first-order chi connectivity index (χ1) is 9.56. The van der Waals surface area contributed by atoms with Gasteiger partial charge in [0.1, 0.15) is 5.82 Å². The van der Waals surface area contributed by atoms with Crippen LogP contribution in [0.15, 0.2) is 12.1 Å². The Morgan fingerprint density at radius 2 is 2.05 bits per heavy atom. The Kier molecular flexibility index (Phi) is 4.22. The molecule has 0 radical (unpaired) electrons. The lowest BCUT2D eigenvalue weighted by Crippen LogP contribution is -2.19. The highest BCUT2D eigenvalue weighted by Gasteiger charge is 2.31. The zero-order valence-corrected chi connectivity index (χ0v) is 11.3. The molecule has 1 aliphatic rings. The second-order valence-electron chi connectivity index (χ2n) is 4.35. The molecule has 1 fully saturated rings. The number of carbonyl (C=O) groups excluding carboxylic acids is 2. The molecular weight excluding hydrogens is 267 g/mol. The van der Waals surface area contributed by atoms with E-state index in [1.54, 1.807) is 6.92 Å². The van der Waals surface area contributed by atoms with Gasteiger partial charge in [-0.2, -0.15) is 0 Å². The number of carbonyl (C=O) groups is 2. The molecule has 0 heterocycles. The van der Waals surface area contributed by atoms with Crippen LogP contribution in [0.3, 0.4) is 0 Å². The van der Waals surface area contributed by atoms with Crippen molar-refractivity contribution in [3.05, 3.63) is 23.5 Å². The van der Waals surface area contributed by atoms with Crippen LogP contribution in [0.25, 0.3) is 0 Å². The van der Waals surface area contributed by atoms with Gasteiger partial charge >= 0.3 is 5.97 Å². The fourth-order valence-corrected chi connectivity index (χ4v) is 1.67. The third-order valence-electron chi connectivity index (χ3n) is 2.75.